The average molecular weight is 264 g/mol. The molecule has 0 aromatic heterocycles. The van der Waals surface area contributed by atoms with Gasteiger partial charge in [-0.15, -0.1) is 6.58 Å². The van der Waals surface area contributed by atoms with Gasteiger partial charge in [0, 0.05) is 6.42 Å². The highest BCUT2D eigenvalue weighted by Gasteiger charge is 2.60. The Kier molecular flexibility index (Phi) is 3.98. The van der Waals surface area contributed by atoms with Gasteiger partial charge in [0.1, 0.15) is 5.78 Å². The maximum absolute atomic E-state index is 12.7. The minimum atomic E-state index is -0.780. The van der Waals surface area contributed by atoms with E-state index in [4.69, 9.17) is 9.47 Å². The number of hydrogen-bond donors (Lipinski definition) is 0. The molecule has 0 aromatic rings. The highest BCUT2D eigenvalue weighted by Crippen LogP contribution is 2.54. The molecule has 0 amide bonds. The Bertz CT molecular complexity index is 393. The van der Waals surface area contributed by atoms with Crippen LogP contribution in [0.1, 0.15) is 39.5 Å². The Hall–Kier alpha value is -0.930. The summed E-state index contributed by atoms with van der Waals surface area (Å²) < 4.78 is 11.6. The number of rotatable bonds is 5. The molecule has 2 fully saturated rings. The van der Waals surface area contributed by atoms with Crippen molar-refractivity contribution in [2.24, 2.45) is 11.3 Å². The van der Waals surface area contributed by atoms with Gasteiger partial charge in [-0.3, -0.25) is 4.79 Å². The zero-order valence-electron chi connectivity index (χ0n) is 12.0. The Morgan fingerprint density at radius 2 is 2.11 bits per heavy atom. The molecule has 0 aromatic carbocycles. The lowest BCUT2D eigenvalue weighted by atomic mass is 9.72. The minimum Gasteiger partial charge on any atom is -0.347 e. The Balaban J connectivity index is 2.32. The number of carbonyl (C=O) groups is 1. The number of carbonyl (C=O) groups excluding carboxylic acids is 1. The van der Waals surface area contributed by atoms with Crippen molar-refractivity contribution < 1.29 is 14.3 Å². The van der Waals surface area contributed by atoms with Gasteiger partial charge in [0.05, 0.1) is 18.6 Å². The van der Waals surface area contributed by atoms with Crippen molar-refractivity contribution in [3.05, 3.63) is 24.8 Å². The highest BCUT2D eigenvalue weighted by atomic mass is 16.7. The summed E-state index contributed by atoms with van der Waals surface area (Å²) in [6.45, 7) is 12.8. The topological polar surface area (TPSA) is 35.5 Å². The fourth-order valence-corrected chi connectivity index (χ4v) is 3.42. The van der Waals surface area contributed by atoms with Gasteiger partial charge in [-0.1, -0.05) is 18.2 Å². The van der Waals surface area contributed by atoms with E-state index >= 15 is 0 Å². The maximum atomic E-state index is 12.7. The molecule has 1 aliphatic carbocycles. The summed E-state index contributed by atoms with van der Waals surface area (Å²) in [6.07, 6.45) is 4.76. The van der Waals surface area contributed by atoms with Crippen LogP contribution in [-0.2, 0) is 14.3 Å². The van der Waals surface area contributed by atoms with E-state index in [1.54, 1.807) is 0 Å². The normalized spacial score (nSPS) is 33.6. The predicted molar refractivity (Wildman–Crippen MR) is 74.7 cm³/mol. The zero-order chi connectivity index (χ0) is 14.1. The van der Waals surface area contributed by atoms with Crippen molar-refractivity contribution in [1.29, 1.82) is 0 Å². The first-order valence-electron chi connectivity index (χ1n) is 7.03. The monoisotopic (exact) mass is 264 g/mol. The summed E-state index contributed by atoms with van der Waals surface area (Å²) >= 11 is 0. The Labute approximate surface area is 115 Å². The smallest absolute Gasteiger partial charge is 0.178 e. The molecule has 0 radical (unpaired) electrons. The first kappa shape index (κ1) is 14.5. The van der Waals surface area contributed by atoms with Gasteiger partial charge in [-0.05, 0) is 39.0 Å². The second-order valence-corrected chi connectivity index (χ2v) is 5.93. The van der Waals surface area contributed by atoms with Gasteiger partial charge in [-0.25, -0.2) is 0 Å². The van der Waals surface area contributed by atoms with Crippen molar-refractivity contribution in [2.75, 3.05) is 13.2 Å². The largest absolute Gasteiger partial charge is 0.347 e. The van der Waals surface area contributed by atoms with E-state index in [2.05, 4.69) is 13.2 Å². The number of allylic oxidation sites excluding steroid dienone is 2. The van der Waals surface area contributed by atoms with Crippen LogP contribution in [0.4, 0.5) is 0 Å². The van der Waals surface area contributed by atoms with E-state index in [9.17, 15) is 4.79 Å². The lowest BCUT2D eigenvalue weighted by molar-refractivity contribution is -0.221. The minimum absolute atomic E-state index is 0.252. The molecule has 19 heavy (non-hydrogen) atoms. The standard InChI is InChI=1S/C16H24O3/c1-5-6-7-16(15(4)18-8-9-19-15)11-13(12(2)3)10-14(16)17/h5,13H,1-2,6-11H2,3-4H3/t13-,16-/m1/s1. The van der Waals surface area contributed by atoms with E-state index in [1.807, 2.05) is 19.9 Å². The fourth-order valence-electron chi connectivity index (χ4n) is 3.42. The van der Waals surface area contributed by atoms with Gasteiger partial charge in [0.2, 0.25) is 0 Å². The molecule has 1 saturated carbocycles. The number of ether oxygens (including phenoxy) is 2. The van der Waals surface area contributed by atoms with Crippen LogP contribution in [0.15, 0.2) is 24.8 Å². The zero-order valence-corrected chi connectivity index (χ0v) is 12.0. The average Bonchev–Trinajstić information content (AvgIpc) is 2.93. The molecular formula is C16H24O3. The van der Waals surface area contributed by atoms with Crippen molar-refractivity contribution in [1.82, 2.24) is 0 Å². The van der Waals surface area contributed by atoms with Crippen LogP contribution in [0.2, 0.25) is 0 Å². The van der Waals surface area contributed by atoms with E-state index in [-0.39, 0.29) is 11.7 Å². The fraction of sp³-hybridized carbons (Fsp3) is 0.688. The second-order valence-electron chi connectivity index (χ2n) is 5.93. The Morgan fingerprint density at radius 3 is 2.58 bits per heavy atom. The molecule has 2 rings (SSSR count). The van der Waals surface area contributed by atoms with Crippen LogP contribution in [0.5, 0.6) is 0 Å². The van der Waals surface area contributed by atoms with Gasteiger partial charge >= 0.3 is 0 Å². The summed E-state index contributed by atoms with van der Waals surface area (Å²) in [4.78, 5) is 12.7. The van der Waals surface area contributed by atoms with E-state index in [0.29, 0.717) is 19.6 Å². The number of Topliss-reactive ketones (excluding diaryl/α,β-unsaturated/α-hetero) is 1. The highest BCUT2D eigenvalue weighted by molar-refractivity contribution is 5.88. The molecule has 0 unspecified atom stereocenters. The predicted octanol–water partition coefficient (Wildman–Crippen LogP) is 3.26. The molecule has 1 saturated heterocycles. The summed E-state index contributed by atoms with van der Waals surface area (Å²) in [7, 11) is 0. The summed E-state index contributed by atoms with van der Waals surface area (Å²) in [6, 6.07) is 0. The second kappa shape index (κ2) is 5.22. The van der Waals surface area contributed by atoms with Gasteiger partial charge in [0.15, 0.2) is 5.79 Å². The van der Waals surface area contributed by atoms with Crippen molar-refractivity contribution in [2.45, 2.75) is 45.3 Å². The summed E-state index contributed by atoms with van der Waals surface area (Å²) in [5.41, 5.74) is 0.539. The third kappa shape index (κ3) is 2.30. The van der Waals surface area contributed by atoms with Crippen molar-refractivity contribution >= 4 is 5.78 Å². The summed E-state index contributed by atoms with van der Waals surface area (Å²) in [5, 5.41) is 0. The number of ketones is 1. The van der Waals surface area contributed by atoms with Crippen LogP contribution < -0.4 is 0 Å². The first-order chi connectivity index (χ1) is 8.95. The van der Waals surface area contributed by atoms with Crippen LogP contribution in [0.3, 0.4) is 0 Å². The first-order valence-corrected chi connectivity index (χ1v) is 7.03. The van der Waals surface area contributed by atoms with Gasteiger partial charge in [0.25, 0.3) is 0 Å². The van der Waals surface area contributed by atoms with Crippen LogP contribution in [0, 0.1) is 11.3 Å². The van der Waals surface area contributed by atoms with Gasteiger partial charge < -0.3 is 9.47 Å². The molecule has 3 nitrogen and oxygen atoms in total. The van der Waals surface area contributed by atoms with Crippen LogP contribution >= 0.6 is 0 Å². The van der Waals surface area contributed by atoms with E-state index < -0.39 is 11.2 Å². The molecule has 1 aliphatic heterocycles. The Morgan fingerprint density at radius 1 is 1.47 bits per heavy atom. The van der Waals surface area contributed by atoms with E-state index in [0.717, 1.165) is 24.8 Å². The lowest BCUT2D eigenvalue weighted by Crippen LogP contribution is -2.50. The third-order valence-electron chi connectivity index (χ3n) is 4.74. The van der Waals surface area contributed by atoms with Crippen molar-refractivity contribution in [3.63, 3.8) is 0 Å². The van der Waals surface area contributed by atoms with Gasteiger partial charge in [-0.2, -0.15) is 0 Å². The van der Waals surface area contributed by atoms with E-state index in [1.165, 1.54) is 0 Å². The molecule has 2 atom stereocenters. The summed E-state index contributed by atoms with van der Waals surface area (Å²) in [5.74, 6) is -0.272. The lowest BCUT2D eigenvalue weighted by Gasteiger charge is -2.41. The molecule has 0 spiro atoms. The maximum Gasteiger partial charge on any atom is 0.178 e. The SMILES string of the molecule is C=CCC[C@@]1(C2(C)OCCO2)C[C@H](C(=C)C)CC1=O. The van der Waals surface area contributed by atoms with Crippen LogP contribution in [0.25, 0.3) is 0 Å². The van der Waals surface area contributed by atoms with Crippen molar-refractivity contribution in [3.8, 4) is 0 Å². The molecule has 2 aliphatic rings. The quantitative estimate of drug-likeness (QED) is 0.715. The molecule has 1 heterocycles. The molecular weight excluding hydrogens is 240 g/mol. The third-order valence-corrected chi connectivity index (χ3v) is 4.74. The van der Waals surface area contributed by atoms with Crippen LogP contribution in [-0.4, -0.2) is 24.8 Å². The molecule has 106 valence electrons. The molecule has 0 bridgehead atoms. The number of hydrogen-bond acceptors (Lipinski definition) is 3. The molecule has 3 heteroatoms. The molecule has 0 N–H and O–H groups in total.